The van der Waals surface area contributed by atoms with Crippen LogP contribution in [-0.2, 0) is 4.79 Å². The van der Waals surface area contributed by atoms with E-state index >= 15 is 0 Å². The van der Waals surface area contributed by atoms with Gasteiger partial charge in [0.2, 0.25) is 0 Å². The van der Waals surface area contributed by atoms with Crippen molar-refractivity contribution in [1.82, 2.24) is 4.90 Å². The van der Waals surface area contributed by atoms with Crippen LogP contribution in [0.4, 0.5) is 4.79 Å². The number of thioether (sulfide) groups is 1. The standard InChI is InChI=1S/C18H22INO4S/c1-5-7-20-17(21)15(25-18(20)22)10-12-8-13(19)16(14(9-12)23-4)24-11(3)6-2/h8-11H,5-7H2,1-4H3/b15-10+/t11-/m0/s1. The number of amides is 2. The first-order valence-corrected chi connectivity index (χ1v) is 10.1. The third-order valence-electron chi connectivity index (χ3n) is 3.76. The summed E-state index contributed by atoms with van der Waals surface area (Å²) < 4.78 is 12.3. The Morgan fingerprint density at radius 2 is 2.04 bits per heavy atom. The van der Waals surface area contributed by atoms with Gasteiger partial charge in [-0.15, -0.1) is 0 Å². The van der Waals surface area contributed by atoms with E-state index in [-0.39, 0.29) is 17.3 Å². The predicted octanol–water partition coefficient (Wildman–Crippen LogP) is 4.92. The lowest BCUT2D eigenvalue weighted by Gasteiger charge is -2.17. The Morgan fingerprint density at radius 1 is 1.32 bits per heavy atom. The lowest BCUT2D eigenvalue weighted by atomic mass is 10.1. The summed E-state index contributed by atoms with van der Waals surface area (Å²) in [6, 6.07) is 3.75. The molecule has 5 nitrogen and oxygen atoms in total. The third-order valence-corrected chi connectivity index (χ3v) is 5.47. The number of rotatable bonds is 7. The van der Waals surface area contributed by atoms with E-state index in [0.717, 1.165) is 33.7 Å². The fourth-order valence-corrected chi connectivity index (χ4v) is 3.91. The highest BCUT2D eigenvalue weighted by molar-refractivity contribution is 14.1. The first-order chi connectivity index (χ1) is 11.9. The van der Waals surface area contributed by atoms with Gasteiger partial charge in [-0.25, -0.2) is 0 Å². The Balaban J connectivity index is 2.33. The highest BCUT2D eigenvalue weighted by atomic mass is 127. The van der Waals surface area contributed by atoms with E-state index in [1.54, 1.807) is 13.2 Å². The van der Waals surface area contributed by atoms with Gasteiger partial charge in [-0.05, 0) is 77.9 Å². The number of nitrogens with zero attached hydrogens (tertiary/aromatic N) is 1. The second-order valence-corrected chi connectivity index (χ2v) is 7.86. The zero-order valence-electron chi connectivity index (χ0n) is 14.8. The summed E-state index contributed by atoms with van der Waals surface area (Å²) in [4.78, 5) is 26.0. The van der Waals surface area contributed by atoms with Crippen molar-refractivity contribution < 1.29 is 19.1 Å². The maximum Gasteiger partial charge on any atom is 0.293 e. The smallest absolute Gasteiger partial charge is 0.293 e. The number of imide groups is 1. The fourth-order valence-electron chi connectivity index (χ4n) is 2.29. The third kappa shape index (κ3) is 4.69. The highest BCUT2D eigenvalue weighted by Gasteiger charge is 2.34. The van der Waals surface area contributed by atoms with Gasteiger partial charge in [-0.1, -0.05) is 13.8 Å². The van der Waals surface area contributed by atoms with Crippen LogP contribution in [0.1, 0.15) is 39.2 Å². The van der Waals surface area contributed by atoms with Gasteiger partial charge in [0.1, 0.15) is 0 Å². The lowest BCUT2D eigenvalue weighted by molar-refractivity contribution is -0.122. The highest BCUT2D eigenvalue weighted by Crippen LogP contribution is 2.37. The van der Waals surface area contributed by atoms with E-state index in [1.807, 2.05) is 26.0 Å². The van der Waals surface area contributed by atoms with Gasteiger partial charge in [0.05, 0.1) is 21.7 Å². The number of hydrogen-bond donors (Lipinski definition) is 0. The zero-order valence-corrected chi connectivity index (χ0v) is 17.8. The minimum atomic E-state index is -0.231. The Hall–Kier alpha value is -1.22. The lowest BCUT2D eigenvalue weighted by Crippen LogP contribution is -2.28. The van der Waals surface area contributed by atoms with E-state index < -0.39 is 0 Å². The largest absolute Gasteiger partial charge is 0.493 e. The van der Waals surface area contributed by atoms with Gasteiger partial charge in [-0.3, -0.25) is 14.5 Å². The molecule has 0 aromatic heterocycles. The molecule has 0 unspecified atom stereocenters. The second-order valence-electron chi connectivity index (χ2n) is 5.70. The summed E-state index contributed by atoms with van der Waals surface area (Å²) in [6.45, 7) is 6.46. The monoisotopic (exact) mass is 475 g/mol. The van der Waals surface area contributed by atoms with Crippen molar-refractivity contribution in [2.45, 2.75) is 39.7 Å². The second kappa shape index (κ2) is 8.93. The molecule has 136 valence electrons. The molecule has 1 heterocycles. The molecule has 2 rings (SSSR count). The van der Waals surface area contributed by atoms with Crippen LogP contribution in [0.3, 0.4) is 0 Å². The number of carbonyl (C=O) groups is 2. The molecule has 1 saturated heterocycles. The minimum absolute atomic E-state index is 0.0822. The first-order valence-electron chi connectivity index (χ1n) is 8.20. The quantitative estimate of drug-likeness (QED) is 0.414. The van der Waals surface area contributed by atoms with Gasteiger partial charge >= 0.3 is 0 Å². The molecule has 1 aliphatic heterocycles. The molecule has 1 atom stereocenters. The number of carbonyl (C=O) groups excluding carboxylic acids is 2. The molecule has 1 aliphatic rings. The van der Waals surface area contributed by atoms with E-state index in [4.69, 9.17) is 9.47 Å². The van der Waals surface area contributed by atoms with Gasteiger partial charge in [-0.2, -0.15) is 0 Å². The molecular formula is C18H22INO4S. The Bertz CT molecular complexity index is 705. The van der Waals surface area contributed by atoms with Crippen molar-refractivity contribution in [2.24, 2.45) is 0 Å². The van der Waals surface area contributed by atoms with Crippen molar-refractivity contribution in [3.8, 4) is 11.5 Å². The minimum Gasteiger partial charge on any atom is -0.493 e. The summed E-state index contributed by atoms with van der Waals surface area (Å²) in [5, 5.41) is -0.212. The molecule has 0 N–H and O–H groups in total. The average Bonchev–Trinajstić information content (AvgIpc) is 2.84. The fraction of sp³-hybridized carbons (Fsp3) is 0.444. The molecule has 0 aliphatic carbocycles. The summed E-state index contributed by atoms with van der Waals surface area (Å²) in [6.07, 6.45) is 3.46. The molecule has 0 spiro atoms. The molecule has 1 aromatic rings. The Morgan fingerprint density at radius 3 is 2.64 bits per heavy atom. The molecule has 25 heavy (non-hydrogen) atoms. The van der Waals surface area contributed by atoms with Gasteiger partial charge in [0, 0.05) is 6.54 Å². The van der Waals surface area contributed by atoms with Gasteiger partial charge in [0.25, 0.3) is 11.1 Å². The Kier molecular flexibility index (Phi) is 7.18. The van der Waals surface area contributed by atoms with E-state index in [0.29, 0.717) is 22.9 Å². The van der Waals surface area contributed by atoms with Crippen molar-refractivity contribution in [1.29, 1.82) is 0 Å². The van der Waals surface area contributed by atoms with Crippen LogP contribution in [0.5, 0.6) is 11.5 Å². The predicted molar refractivity (Wildman–Crippen MR) is 109 cm³/mol. The summed E-state index contributed by atoms with van der Waals surface area (Å²) >= 11 is 3.17. The van der Waals surface area contributed by atoms with Crippen LogP contribution in [0.2, 0.25) is 0 Å². The van der Waals surface area contributed by atoms with E-state index in [2.05, 4.69) is 29.5 Å². The van der Waals surface area contributed by atoms with Crippen molar-refractivity contribution in [3.63, 3.8) is 0 Å². The number of halogens is 1. The maximum atomic E-state index is 12.4. The number of benzene rings is 1. The van der Waals surface area contributed by atoms with Crippen LogP contribution >= 0.6 is 34.4 Å². The zero-order chi connectivity index (χ0) is 18.6. The summed E-state index contributed by atoms with van der Waals surface area (Å²) in [5.41, 5.74) is 0.805. The van der Waals surface area contributed by atoms with Gasteiger partial charge < -0.3 is 9.47 Å². The molecule has 0 bridgehead atoms. The van der Waals surface area contributed by atoms with Crippen LogP contribution < -0.4 is 9.47 Å². The van der Waals surface area contributed by atoms with Crippen molar-refractivity contribution in [2.75, 3.05) is 13.7 Å². The van der Waals surface area contributed by atoms with Crippen LogP contribution in [-0.4, -0.2) is 35.8 Å². The van der Waals surface area contributed by atoms with E-state index in [1.165, 1.54) is 4.90 Å². The molecule has 0 saturated carbocycles. The van der Waals surface area contributed by atoms with Crippen LogP contribution in [0.25, 0.3) is 6.08 Å². The number of methoxy groups -OCH3 is 1. The molecule has 0 radical (unpaired) electrons. The average molecular weight is 475 g/mol. The van der Waals surface area contributed by atoms with Crippen molar-refractivity contribution >= 4 is 51.6 Å². The first kappa shape index (κ1) is 20.1. The Labute approximate surface area is 166 Å². The topological polar surface area (TPSA) is 55.8 Å². The molecule has 2 amide bonds. The van der Waals surface area contributed by atoms with Crippen molar-refractivity contribution in [3.05, 3.63) is 26.2 Å². The summed E-state index contributed by atoms with van der Waals surface area (Å²) in [5.74, 6) is 1.09. The SMILES string of the molecule is CCCN1C(=O)S/C(=C/c2cc(I)c(O[C@@H](C)CC)c(OC)c2)C1=O. The van der Waals surface area contributed by atoms with Gasteiger partial charge in [0.15, 0.2) is 11.5 Å². The van der Waals surface area contributed by atoms with Crippen LogP contribution in [0, 0.1) is 3.57 Å². The number of ether oxygens (including phenoxy) is 2. The molecule has 7 heteroatoms. The molecular weight excluding hydrogens is 453 g/mol. The maximum absolute atomic E-state index is 12.4. The number of hydrogen-bond acceptors (Lipinski definition) is 5. The van der Waals surface area contributed by atoms with Crippen LogP contribution in [0.15, 0.2) is 17.0 Å². The molecule has 1 aromatic carbocycles. The normalized spacial score (nSPS) is 17.3. The summed E-state index contributed by atoms with van der Waals surface area (Å²) in [7, 11) is 1.59. The van der Waals surface area contributed by atoms with E-state index in [9.17, 15) is 9.59 Å². The molecule has 1 fully saturated rings.